The van der Waals surface area contributed by atoms with Crippen molar-refractivity contribution in [3.8, 4) is 11.3 Å². The van der Waals surface area contributed by atoms with Crippen molar-refractivity contribution < 1.29 is 13.2 Å². The second-order valence-corrected chi connectivity index (χ2v) is 6.05. The summed E-state index contributed by atoms with van der Waals surface area (Å²) in [6, 6.07) is 9.59. The molecule has 2 aromatic heterocycles. The van der Waals surface area contributed by atoms with E-state index in [1.807, 2.05) is 13.8 Å². The number of aromatic amines is 1. The van der Waals surface area contributed by atoms with Gasteiger partial charge in [0.2, 0.25) is 0 Å². The fourth-order valence-electron chi connectivity index (χ4n) is 2.64. The highest BCUT2D eigenvalue weighted by atomic mass is 19.4. The van der Waals surface area contributed by atoms with E-state index < -0.39 is 17.4 Å². The van der Waals surface area contributed by atoms with Crippen molar-refractivity contribution in [3.05, 3.63) is 52.4 Å². The average Bonchev–Trinajstić information content (AvgIpc) is 2.82. The maximum Gasteiger partial charge on any atom is 0.418 e. The summed E-state index contributed by atoms with van der Waals surface area (Å²) < 4.78 is 41.6. The lowest BCUT2D eigenvalue weighted by molar-refractivity contribution is -0.136. The SMILES string of the molecule is CC(C)Cn1c(=O)[nH]c2c(C(F)(F)F)cc(-c3ccccc3)nc21. The van der Waals surface area contributed by atoms with Gasteiger partial charge in [-0.1, -0.05) is 44.2 Å². The zero-order chi connectivity index (χ0) is 17.5. The molecule has 0 aliphatic rings. The number of imidazole rings is 1. The molecule has 3 rings (SSSR count). The average molecular weight is 335 g/mol. The Balaban J connectivity index is 2.34. The normalized spacial score (nSPS) is 12.2. The van der Waals surface area contributed by atoms with E-state index in [-0.39, 0.29) is 22.8 Å². The molecule has 0 aliphatic heterocycles. The molecule has 0 saturated heterocycles. The second kappa shape index (κ2) is 5.81. The Kier molecular flexibility index (Phi) is 3.95. The standard InChI is InChI=1S/C17H16F3N3O/c1-10(2)9-23-15-14(22-16(23)24)12(17(18,19)20)8-13(21-15)11-6-4-3-5-7-11/h3-8,10H,9H2,1-2H3,(H,22,24). The van der Waals surface area contributed by atoms with E-state index in [0.717, 1.165) is 6.07 Å². The zero-order valence-electron chi connectivity index (χ0n) is 13.2. The van der Waals surface area contributed by atoms with Crippen LogP contribution < -0.4 is 5.69 Å². The van der Waals surface area contributed by atoms with E-state index >= 15 is 0 Å². The summed E-state index contributed by atoms with van der Waals surface area (Å²) in [5.41, 5.74) is -0.954. The Bertz CT molecular complexity index is 924. The number of alkyl halides is 3. The summed E-state index contributed by atoms with van der Waals surface area (Å²) >= 11 is 0. The molecule has 0 aliphatic carbocycles. The van der Waals surface area contributed by atoms with Crippen LogP contribution in [0, 0.1) is 5.92 Å². The van der Waals surface area contributed by atoms with Crippen LogP contribution in [0.15, 0.2) is 41.2 Å². The van der Waals surface area contributed by atoms with Crippen molar-refractivity contribution in [2.75, 3.05) is 0 Å². The first-order chi connectivity index (χ1) is 11.3. The minimum Gasteiger partial charge on any atom is -0.304 e. The van der Waals surface area contributed by atoms with E-state index in [1.165, 1.54) is 4.57 Å². The van der Waals surface area contributed by atoms with Crippen LogP contribution in [0.3, 0.4) is 0 Å². The molecule has 0 fully saturated rings. The Labute approximate surface area is 136 Å². The van der Waals surface area contributed by atoms with Gasteiger partial charge in [-0.3, -0.25) is 4.57 Å². The van der Waals surface area contributed by atoms with E-state index in [0.29, 0.717) is 12.1 Å². The Hall–Kier alpha value is -2.57. The second-order valence-electron chi connectivity index (χ2n) is 6.05. The number of nitrogens with one attached hydrogen (secondary N) is 1. The van der Waals surface area contributed by atoms with Crippen molar-refractivity contribution in [1.29, 1.82) is 0 Å². The lowest BCUT2D eigenvalue weighted by Gasteiger charge is -2.12. The Morgan fingerprint density at radius 2 is 1.88 bits per heavy atom. The summed E-state index contributed by atoms with van der Waals surface area (Å²) in [6.07, 6.45) is -4.59. The zero-order valence-corrected chi connectivity index (χ0v) is 13.2. The maximum atomic E-state index is 13.5. The molecular weight excluding hydrogens is 319 g/mol. The largest absolute Gasteiger partial charge is 0.418 e. The molecule has 0 atom stereocenters. The van der Waals surface area contributed by atoms with Crippen molar-refractivity contribution in [3.63, 3.8) is 0 Å². The highest BCUT2D eigenvalue weighted by molar-refractivity contribution is 5.80. The molecular formula is C17H16F3N3O. The van der Waals surface area contributed by atoms with Gasteiger partial charge in [-0.15, -0.1) is 0 Å². The number of hydrogen-bond donors (Lipinski definition) is 1. The first kappa shape index (κ1) is 16.3. The molecule has 126 valence electrons. The lowest BCUT2D eigenvalue weighted by atomic mass is 10.1. The number of nitrogens with zero attached hydrogens (tertiary/aromatic N) is 2. The molecule has 7 heteroatoms. The molecule has 0 bridgehead atoms. The van der Waals surface area contributed by atoms with Crippen LogP contribution in [0.25, 0.3) is 22.4 Å². The van der Waals surface area contributed by atoms with Crippen LogP contribution in [0.2, 0.25) is 0 Å². The summed E-state index contributed by atoms with van der Waals surface area (Å²) in [5, 5.41) is 0. The number of pyridine rings is 1. The van der Waals surface area contributed by atoms with Crippen molar-refractivity contribution in [1.82, 2.24) is 14.5 Å². The molecule has 0 spiro atoms. The summed E-state index contributed by atoms with van der Waals surface area (Å²) in [6.45, 7) is 4.06. The molecule has 0 unspecified atom stereocenters. The van der Waals surface area contributed by atoms with Crippen LogP contribution in [-0.4, -0.2) is 14.5 Å². The van der Waals surface area contributed by atoms with Gasteiger partial charge in [-0.2, -0.15) is 13.2 Å². The summed E-state index contributed by atoms with van der Waals surface area (Å²) in [5.74, 6) is 0.0956. The van der Waals surface area contributed by atoms with Gasteiger partial charge in [0.05, 0.1) is 16.8 Å². The molecule has 1 N–H and O–H groups in total. The van der Waals surface area contributed by atoms with Crippen LogP contribution in [0.1, 0.15) is 19.4 Å². The van der Waals surface area contributed by atoms with Gasteiger partial charge >= 0.3 is 11.9 Å². The van der Waals surface area contributed by atoms with Crippen LogP contribution in [0.5, 0.6) is 0 Å². The number of H-pyrrole nitrogens is 1. The first-order valence-corrected chi connectivity index (χ1v) is 7.53. The van der Waals surface area contributed by atoms with Crippen LogP contribution in [-0.2, 0) is 12.7 Å². The molecule has 4 nitrogen and oxygen atoms in total. The van der Waals surface area contributed by atoms with Crippen LogP contribution in [0.4, 0.5) is 13.2 Å². The van der Waals surface area contributed by atoms with Crippen LogP contribution >= 0.6 is 0 Å². The number of fused-ring (bicyclic) bond motifs is 1. The number of halogens is 3. The minimum absolute atomic E-state index is 0.0300. The topological polar surface area (TPSA) is 50.7 Å². The summed E-state index contributed by atoms with van der Waals surface area (Å²) in [4.78, 5) is 18.7. The lowest BCUT2D eigenvalue weighted by Crippen LogP contribution is -2.19. The molecule has 2 heterocycles. The van der Waals surface area contributed by atoms with Crippen molar-refractivity contribution in [2.24, 2.45) is 5.92 Å². The number of benzene rings is 1. The molecule has 1 aromatic carbocycles. The highest BCUT2D eigenvalue weighted by Crippen LogP contribution is 2.35. The fraction of sp³-hybridized carbons (Fsp3) is 0.294. The molecule has 0 amide bonds. The van der Waals surface area contributed by atoms with Gasteiger partial charge < -0.3 is 4.98 Å². The Morgan fingerprint density at radius 1 is 1.21 bits per heavy atom. The van der Waals surface area contributed by atoms with Gasteiger partial charge in [-0.05, 0) is 12.0 Å². The van der Waals surface area contributed by atoms with Gasteiger partial charge in [0.25, 0.3) is 0 Å². The molecule has 3 aromatic rings. The predicted octanol–water partition coefficient (Wildman–Crippen LogP) is 4.07. The maximum absolute atomic E-state index is 13.5. The molecule has 0 radical (unpaired) electrons. The fourth-order valence-corrected chi connectivity index (χ4v) is 2.64. The van der Waals surface area contributed by atoms with Gasteiger partial charge in [-0.25, -0.2) is 9.78 Å². The van der Waals surface area contributed by atoms with E-state index in [4.69, 9.17) is 0 Å². The third kappa shape index (κ3) is 2.93. The van der Waals surface area contributed by atoms with Crippen molar-refractivity contribution in [2.45, 2.75) is 26.6 Å². The predicted molar refractivity (Wildman–Crippen MR) is 85.6 cm³/mol. The number of rotatable bonds is 3. The molecule has 0 saturated carbocycles. The highest BCUT2D eigenvalue weighted by Gasteiger charge is 2.35. The number of aromatic nitrogens is 3. The molecule has 24 heavy (non-hydrogen) atoms. The first-order valence-electron chi connectivity index (χ1n) is 7.53. The van der Waals surface area contributed by atoms with Gasteiger partial charge in [0.1, 0.15) is 0 Å². The quantitative estimate of drug-likeness (QED) is 0.784. The third-order valence-corrected chi connectivity index (χ3v) is 3.66. The van der Waals surface area contributed by atoms with Crippen molar-refractivity contribution >= 4 is 11.2 Å². The van der Waals surface area contributed by atoms with E-state index in [2.05, 4.69) is 9.97 Å². The monoisotopic (exact) mass is 335 g/mol. The van der Waals surface area contributed by atoms with Gasteiger partial charge in [0.15, 0.2) is 5.65 Å². The van der Waals surface area contributed by atoms with E-state index in [9.17, 15) is 18.0 Å². The van der Waals surface area contributed by atoms with E-state index in [1.54, 1.807) is 30.3 Å². The minimum atomic E-state index is -4.59. The number of hydrogen-bond acceptors (Lipinski definition) is 2. The van der Waals surface area contributed by atoms with Gasteiger partial charge in [0, 0.05) is 12.1 Å². The Morgan fingerprint density at radius 3 is 2.46 bits per heavy atom. The smallest absolute Gasteiger partial charge is 0.304 e. The third-order valence-electron chi connectivity index (χ3n) is 3.66. The summed E-state index contributed by atoms with van der Waals surface area (Å²) in [7, 11) is 0.